The lowest BCUT2D eigenvalue weighted by Gasteiger charge is -2.51. The topological polar surface area (TPSA) is 97.3 Å². The SMILES string of the molecule is O=C(COc1ccc(Cl)c(F)c1)N[C@H]1C[C@@H](NC(=O)c2cc3n(n2)CCCN3)C2CC1C2. The minimum Gasteiger partial charge on any atom is -0.484 e. The van der Waals surface area contributed by atoms with E-state index in [-0.39, 0.29) is 41.3 Å². The summed E-state index contributed by atoms with van der Waals surface area (Å²) >= 11 is 5.66. The van der Waals surface area contributed by atoms with Crippen LogP contribution in [0.1, 0.15) is 36.2 Å². The molecule has 2 bridgehead atoms. The number of rotatable bonds is 6. The van der Waals surface area contributed by atoms with E-state index in [9.17, 15) is 14.0 Å². The first-order valence-electron chi connectivity index (χ1n) is 11.0. The molecule has 2 heterocycles. The van der Waals surface area contributed by atoms with Gasteiger partial charge in [0.25, 0.3) is 11.8 Å². The van der Waals surface area contributed by atoms with Crippen molar-refractivity contribution in [2.24, 2.45) is 11.8 Å². The first-order valence-corrected chi connectivity index (χ1v) is 11.3. The average Bonchev–Trinajstić information content (AvgIpc) is 3.18. The maximum absolute atomic E-state index is 13.5. The number of carbonyl (C=O) groups excluding carboxylic acids is 2. The smallest absolute Gasteiger partial charge is 0.272 e. The maximum atomic E-state index is 13.5. The van der Waals surface area contributed by atoms with E-state index in [2.05, 4.69) is 21.0 Å². The number of nitrogens with one attached hydrogen (secondary N) is 3. The van der Waals surface area contributed by atoms with Crippen LogP contribution in [0.25, 0.3) is 0 Å². The number of carbonyl (C=O) groups is 2. The predicted molar refractivity (Wildman–Crippen MR) is 116 cm³/mol. The Morgan fingerprint density at radius 1 is 1.19 bits per heavy atom. The number of hydrogen-bond acceptors (Lipinski definition) is 5. The Morgan fingerprint density at radius 3 is 2.72 bits per heavy atom. The molecule has 1 aromatic heterocycles. The molecule has 3 aliphatic carbocycles. The minimum atomic E-state index is -0.592. The Bertz CT molecular complexity index is 1020. The second-order valence-corrected chi connectivity index (χ2v) is 9.17. The minimum absolute atomic E-state index is 0.00334. The number of hydrogen-bond donors (Lipinski definition) is 3. The largest absolute Gasteiger partial charge is 0.484 e. The molecule has 3 fully saturated rings. The second-order valence-electron chi connectivity index (χ2n) is 8.76. The fourth-order valence-corrected chi connectivity index (χ4v) is 4.99. The van der Waals surface area contributed by atoms with Crippen molar-refractivity contribution >= 4 is 29.2 Å². The number of amides is 2. The van der Waals surface area contributed by atoms with Crippen LogP contribution >= 0.6 is 11.6 Å². The Hall–Kier alpha value is -2.81. The van der Waals surface area contributed by atoms with Crippen molar-refractivity contribution in [3.8, 4) is 5.75 Å². The first kappa shape index (κ1) is 21.1. The zero-order chi connectivity index (χ0) is 22.2. The highest BCUT2D eigenvalue weighted by molar-refractivity contribution is 6.30. The van der Waals surface area contributed by atoms with Crippen molar-refractivity contribution in [2.45, 2.75) is 44.3 Å². The molecule has 170 valence electrons. The van der Waals surface area contributed by atoms with Gasteiger partial charge in [-0.15, -0.1) is 0 Å². The summed E-state index contributed by atoms with van der Waals surface area (Å²) < 4.78 is 20.7. The van der Waals surface area contributed by atoms with Gasteiger partial charge < -0.3 is 20.7 Å². The molecule has 10 heteroatoms. The fourth-order valence-electron chi connectivity index (χ4n) is 4.87. The molecule has 6 rings (SSSR count). The number of nitrogens with zero attached hydrogens (tertiary/aromatic N) is 2. The van der Waals surface area contributed by atoms with Gasteiger partial charge >= 0.3 is 0 Å². The number of halogens is 2. The van der Waals surface area contributed by atoms with Crippen molar-refractivity contribution < 1.29 is 18.7 Å². The lowest BCUT2D eigenvalue weighted by Crippen LogP contribution is -2.60. The van der Waals surface area contributed by atoms with Gasteiger partial charge in [-0.2, -0.15) is 5.10 Å². The number of ether oxygens (including phenoxy) is 1. The van der Waals surface area contributed by atoms with Gasteiger partial charge in [0, 0.05) is 37.3 Å². The first-order chi connectivity index (χ1) is 15.5. The van der Waals surface area contributed by atoms with Crippen LogP contribution in [0, 0.1) is 17.7 Å². The van der Waals surface area contributed by atoms with Crippen molar-refractivity contribution in [3.63, 3.8) is 0 Å². The number of fused-ring (bicyclic) bond motifs is 3. The van der Waals surface area contributed by atoms with Gasteiger partial charge in [0.15, 0.2) is 12.3 Å². The van der Waals surface area contributed by atoms with Crippen molar-refractivity contribution in [3.05, 3.63) is 40.8 Å². The molecule has 1 aliphatic heterocycles. The van der Waals surface area contributed by atoms with E-state index in [1.165, 1.54) is 12.1 Å². The van der Waals surface area contributed by atoms with Crippen LogP contribution in [0.4, 0.5) is 10.2 Å². The van der Waals surface area contributed by atoms with Crippen molar-refractivity contribution in [1.29, 1.82) is 0 Å². The van der Waals surface area contributed by atoms with Crippen molar-refractivity contribution in [1.82, 2.24) is 20.4 Å². The summed E-state index contributed by atoms with van der Waals surface area (Å²) in [4.78, 5) is 25.2. The van der Waals surface area contributed by atoms with Crippen LogP contribution in [0.3, 0.4) is 0 Å². The summed E-state index contributed by atoms with van der Waals surface area (Å²) in [5.41, 5.74) is 0.417. The van der Waals surface area contributed by atoms with Gasteiger partial charge in [0.1, 0.15) is 17.4 Å². The normalized spacial score (nSPS) is 25.7. The molecule has 0 unspecified atom stereocenters. The standard InChI is InChI=1S/C22H25ClFN5O3/c23-15-3-2-14(8-16(15)24)32-11-21(30)26-17-9-18(13-6-12(17)7-13)27-22(31)19-10-20-25-4-1-5-29(20)28-19/h2-3,8,10,12-13,17-18,25H,1,4-7,9,11H2,(H,26,30)(H,27,31)/t12?,13?,17-,18+/m0/s1. The van der Waals surface area contributed by atoms with Crippen molar-refractivity contribution in [2.75, 3.05) is 18.5 Å². The van der Waals surface area contributed by atoms with E-state index < -0.39 is 5.82 Å². The molecular formula is C22H25ClFN5O3. The molecule has 32 heavy (non-hydrogen) atoms. The number of aryl methyl sites for hydroxylation is 1. The highest BCUT2D eigenvalue weighted by atomic mass is 35.5. The molecule has 1 aromatic carbocycles. The molecular weight excluding hydrogens is 437 g/mol. The Labute approximate surface area is 189 Å². The summed E-state index contributed by atoms with van der Waals surface area (Å²) in [6, 6.07) is 5.82. The summed E-state index contributed by atoms with van der Waals surface area (Å²) in [6.45, 7) is 1.48. The van der Waals surface area contributed by atoms with Crippen LogP contribution in [-0.4, -0.2) is 46.8 Å². The highest BCUT2D eigenvalue weighted by Gasteiger charge is 2.47. The van der Waals surface area contributed by atoms with Gasteiger partial charge in [-0.25, -0.2) is 9.07 Å². The fraction of sp³-hybridized carbons (Fsp3) is 0.500. The molecule has 0 saturated heterocycles. The summed E-state index contributed by atoms with van der Waals surface area (Å²) in [5.74, 6) is 0.923. The molecule has 2 atom stereocenters. The maximum Gasteiger partial charge on any atom is 0.272 e. The molecule has 2 amide bonds. The Balaban J connectivity index is 1.14. The van der Waals surface area contributed by atoms with Crippen LogP contribution in [0.5, 0.6) is 5.75 Å². The lowest BCUT2D eigenvalue weighted by atomic mass is 9.60. The van der Waals surface area contributed by atoms with E-state index in [1.54, 1.807) is 6.07 Å². The van der Waals surface area contributed by atoms with Gasteiger partial charge in [0.2, 0.25) is 0 Å². The Morgan fingerprint density at radius 2 is 1.97 bits per heavy atom. The average molecular weight is 462 g/mol. The van der Waals surface area contributed by atoms with Gasteiger partial charge in [-0.1, -0.05) is 11.6 Å². The third-order valence-electron chi connectivity index (χ3n) is 6.65. The van der Waals surface area contributed by atoms with E-state index in [1.807, 2.05) is 4.68 Å². The molecule has 3 N–H and O–H groups in total. The van der Waals surface area contributed by atoms with E-state index in [0.29, 0.717) is 24.0 Å². The third kappa shape index (κ3) is 4.26. The van der Waals surface area contributed by atoms with Crippen LogP contribution < -0.4 is 20.7 Å². The molecule has 2 aromatic rings. The zero-order valence-corrected chi connectivity index (χ0v) is 18.2. The molecule has 3 saturated carbocycles. The quantitative estimate of drug-likeness (QED) is 0.614. The Kier molecular flexibility index (Phi) is 5.67. The van der Waals surface area contributed by atoms with E-state index in [0.717, 1.165) is 44.2 Å². The summed E-state index contributed by atoms with van der Waals surface area (Å²) in [6.07, 6.45) is 3.61. The number of anilines is 1. The zero-order valence-electron chi connectivity index (χ0n) is 17.4. The van der Waals surface area contributed by atoms with Gasteiger partial charge in [-0.05, 0) is 49.7 Å². The van der Waals surface area contributed by atoms with Crippen LogP contribution in [0.15, 0.2) is 24.3 Å². The monoisotopic (exact) mass is 461 g/mol. The molecule has 0 radical (unpaired) electrons. The van der Waals surface area contributed by atoms with Crippen LogP contribution in [-0.2, 0) is 11.3 Å². The number of aromatic nitrogens is 2. The van der Waals surface area contributed by atoms with E-state index >= 15 is 0 Å². The molecule has 8 nitrogen and oxygen atoms in total. The second kappa shape index (κ2) is 8.61. The molecule has 0 spiro atoms. The summed E-state index contributed by atoms with van der Waals surface area (Å²) in [7, 11) is 0. The van der Waals surface area contributed by atoms with Gasteiger partial charge in [-0.3, -0.25) is 9.59 Å². The van der Waals surface area contributed by atoms with Gasteiger partial charge in [0.05, 0.1) is 5.02 Å². The summed E-state index contributed by atoms with van der Waals surface area (Å²) in [5, 5.41) is 13.8. The van der Waals surface area contributed by atoms with E-state index in [4.69, 9.17) is 16.3 Å². The highest BCUT2D eigenvalue weighted by Crippen LogP contribution is 2.45. The van der Waals surface area contributed by atoms with Crippen LogP contribution in [0.2, 0.25) is 5.02 Å². The number of benzene rings is 1. The predicted octanol–water partition coefficient (Wildman–Crippen LogP) is 2.58. The lowest BCUT2D eigenvalue weighted by molar-refractivity contribution is -0.125. The third-order valence-corrected chi connectivity index (χ3v) is 6.95. The molecule has 4 aliphatic rings.